The maximum Gasteiger partial charge on any atom is 0.245 e. The molecule has 0 aromatic carbocycles. The highest BCUT2D eigenvalue weighted by molar-refractivity contribution is 7.89. The van der Waals surface area contributed by atoms with Gasteiger partial charge in [0.05, 0.1) is 6.54 Å². The maximum absolute atomic E-state index is 11.8. The summed E-state index contributed by atoms with van der Waals surface area (Å²) in [5, 5.41) is 8.53. The number of sulfonamides is 1. The van der Waals surface area contributed by atoms with Crippen LogP contribution in [0, 0.1) is 23.7 Å². The number of terminal acetylenes is 1. The zero-order valence-electron chi connectivity index (χ0n) is 8.58. The average molecular weight is 235 g/mol. The molecule has 1 rings (SSSR count). The fourth-order valence-corrected chi connectivity index (χ4v) is 2.02. The van der Waals surface area contributed by atoms with E-state index in [1.807, 2.05) is 6.07 Å². The van der Waals surface area contributed by atoms with E-state index in [9.17, 15) is 8.42 Å². The predicted molar refractivity (Wildman–Crippen MR) is 57.6 cm³/mol. The van der Waals surface area contributed by atoms with Crippen molar-refractivity contribution in [3.63, 3.8) is 0 Å². The minimum Gasteiger partial charge on any atom is -0.244 e. The summed E-state index contributed by atoms with van der Waals surface area (Å²) in [5.74, 6) is 2.24. The number of rotatable bonds is 3. The van der Waals surface area contributed by atoms with Crippen LogP contribution < -0.4 is 0 Å². The van der Waals surface area contributed by atoms with Gasteiger partial charge in [0.2, 0.25) is 10.0 Å². The summed E-state index contributed by atoms with van der Waals surface area (Å²) >= 11 is 0. The third-order valence-electron chi connectivity index (χ3n) is 1.87. The minimum atomic E-state index is -3.61. The zero-order chi connectivity index (χ0) is 12.2. The monoisotopic (exact) mass is 235 g/mol. The van der Waals surface area contributed by atoms with E-state index in [1.165, 1.54) is 19.2 Å². The average Bonchev–Trinajstić information content (AvgIpc) is 2.29. The molecule has 0 fully saturated rings. The second-order valence-electron chi connectivity index (χ2n) is 2.96. The molecule has 0 amide bonds. The van der Waals surface area contributed by atoms with Gasteiger partial charge in [-0.1, -0.05) is 5.92 Å². The minimum absolute atomic E-state index is 0.0116. The Kier molecular flexibility index (Phi) is 3.62. The number of pyridine rings is 1. The summed E-state index contributed by atoms with van der Waals surface area (Å²) in [6, 6.07) is 4.48. The quantitative estimate of drug-likeness (QED) is 0.702. The number of hydrogen-bond acceptors (Lipinski definition) is 4. The van der Waals surface area contributed by atoms with Crippen LogP contribution in [0.4, 0.5) is 0 Å². The molecule has 6 heteroatoms. The van der Waals surface area contributed by atoms with Gasteiger partial charge in [0, 0.05) is 13.2 Å². The summed E-state index contributed by atoms with van der Waals surface area (Å²) in [5.41, 5.74) is 0.165. The van der Waals surface area contributed by atoms with Crippen LogP contribution in [-0.4, -0.2) is 31.3 Å². The molecule has 0 radical (unpaired) electrons. The van der Waals surface area contributed by atoms with Gasteiger partial charge in [-0.25, -0.2) is 13.4 Å². The lowest BCUT2D eigenvalue weighted by Crippen LogP contribution is -2.27. The molecule has 0 unspecified atom stereocenters. The van der Waals surface area contributed by atoms with Crippen molar-refractivity contribution in [1.29, 1.82) is 5.26 Å². The van der Waals surface area contributed by atoms with Gasteiger partial charge in [-0.2, -0.15) is 9.57 Å². The van der Waals surface area contributed by atoms with Crippen LogP contribution >= 0.6 is 0 Å². The fourth-order valence-electron chi connectivity index (χ4n) is 0.992. The van der Waals surface area contributed by atoms with E-state index in [2.05, 4.69) is 10.9 Å². The molecule has 5 nitrogen and oxygen atoms in total. The Morgan fingerprint density at radius 2 is 2.25 bits per heavy atom. The lowest BCUT2D eigenvalue weighted by Gasteiger charge is -2.13. The van der Waals surface area contributed by atoms with E-state index >= 15 is 0 Å². The largest absolute Gasteiger partial charge is 0.245 e. The van der Waals surface area contributed by atoms with Crippen molar-refractivity contribution in [1.82, 2.24) is 9.29 Å². The third-order valence-corrected chi connectivity index (χ3v) is 3.66. The Morgan fingerprint density at radius 1 is 1.56 bits per heavy atom. The van der Waals surface area contributed by atoms with E-state index < -0.39 is 10.0 Å². The summed E-state index contributed by atoms with van der Waals surface area (Å²) in [7, 11) is -2.22. The number of hydrogen-bond donors (Lipinski definition) is 0. The van der Waals surface area contributed by atoms with Crippen molar-refractivity contribution in [3.05, 3.63) is 24.0 Å². The Balaban J connectivity index is 3.10. The molecule has 0 bridgehead atoms. The molecule has 16 heavy (non-hydrogen) atoms. The van der Waals surface area contributed by atoms with E-state index in [-0.39, 0.29) is 17.1 Å². The molecule has 0 spiro atoms. The van der Waals surface area contributed by atoms with Crippen molar-refractivity contribution < 1.29 is 8.42 Å². The van der Waals surface area contributed by atoms with E-state index in [0.29, 0.717) is 0 Å². The molecule has 1 heterocycles. The van der Waals surface area contributed by atoms with Gasteiger partial charge >= 0.3 is 0 Å². The first-order valence-electron chi connectivity index (χ1n) is 4.28. The molecule has 1 aromatic rings. The summed E-state index contributed by atoms with van der Waals surface area (Å²) in [6.07, 6.45) is 6.17. The van der Waals surface area contributed by atoms with Gasteiger partial charge in [0.1, 0.15) is 16.7 Å². The van der Waals surface area contributed by atoms with Gasteiger partial charge in [0.25, 0.3) is 0 Å². The van der Waals surface area contributed by atoms with Crippen molar-refractivity contribution in [2.24, 2.45) is 0 Å². The topological polar surface area (TPSA) is 74.1 Å². The Hall–Kier alpha value is -1.89. The van der Waals surface area contributed by atoms with Crippen molar-refractivity contribution in [2.45, 2.75) is 4.90 Å². The first kappa shape index (κ1) is 12.2. The van der Waals surface area contributed by atoms with E-state index in [0.717, 1.165) is 10.5 Å². The summed E-state index contributed by atoms with van der Waals surface area (Å²) in [6.45, 7) is -0.0116. The molecule has 1 aromatic heterocycles. The fraction of sp³-hybridized carbons (Fsp3) is 0.200. The molecule has 0 aliphatic carbocycles. The van der Waals surface area contributed by atoms with Crippen LogP contribution in [0.2, 0.25) is 0 Å². The lowest BCUT2D eigenvalue weighted by molar-refractivity contribution is 0.502. The Bertz CT molecular complexity index is 549. The van der Waals surface area contributed by atoms with E-state index in [1.54, 1.807) is 0 Å². The maximum atomic E-state index is 11.8. The molecule has 0 N–H and O–H groups in total. The van der Waals surface area contributed by atoms with Crippen LogP contribution in [0.1, 0.15) is 5.69 Å². The Morgan fingerprint density at radius 3 is 2.69 bits per heavy atom. The van der Waals surface area contributed by atoms with Crippen LogP contribution in [0.25, 0.3) is 0 Å². The second kappa shape index (κ2) is 4.75. The van der Waals surface area contributed by atoms with Crippen LogP contribution in [0.15, 0.2) is 23.2 Å². The molecule has 82 valence electrons. The van der Waals surface area contributed by atoms with Crippen LogP contribution in [-0.2, 0) is 10.0 Å². The third kappa shape index (κ3) is 2.37. The van der Waals surface area contributed by atoms with Crippen LogP contribution in [0.5, 0.6) is 0 Å². The van der Waals surface area contributed by atoms with Crippen molar-refractivity contribution in [2.75, 3.05) is 13.6 Å². The highest BCUT2D eigenvalue weighted by atomic mass is 32.2. The number of nitrogens with zero attached hydrogens (tertiary/aromatic N) is 3. The van der Waals surface area contributed by atoms with Crippen LogP contribution in [0.3, 0.4) is 0 Å². The van der Waals surface area contributed by atoms with Crippen molar-refractivity contribution in [3.8, 4) is 18.4 Å². The van der Waals surface area contributed by atoms with Gasteiger partial charge in [0.15, 0.2) is 0 Å². The molecular weight excluding hydrogens is 226 g/mol. The Labute approximate surface area is 94.4 Å². The molecular formula is C10H9N3O2S. The summed E-state index contributed by atoms with van der Waals surface area (Å²) in [4.78, 5) is 3.71. The molecule has 0 aliphatic heterocycles. The normalized spacial score (nSPS) is 10.8. The first-order valence-corrected chi connectivity index (χ1v) is 5.72. The smallest absolute Gasteiger partial charge is 0.244 e. The highest BCUT2D eigenvalue weighted by Gasteiger charge is 2.19. The predicted octanol–water partition coefficient (Wildman–Crippen LogP) is 0.207. The standard InChI is InChI=1S/C10H9N3O2S/c1-3-6-13(2)16(14,15)10-5-4-9(7-11)12-8-10/h1,4-5,8H,6H2,2H3. The molecule has 0 saturated heterocycles. The van der Waals surface area contributed by atoms with Gasteiger partial charge in [-0.05, 0) is 12.1 Å². The molecule has 0 saturated carbocycles. The zero-order valence-corrected chi connectivity index (χ0v) is 9.40. The lowest BCUT2D eigenvalue weighted by atomic mass is 10.4. The van der Waals surface area contributed by atoms with E-state index in [4.69, 9.17) is 11.7 Å². The highest BCUT2D eigenvalue weighted by Crippen LogP contribution is 2.12. The van der Waals surface area contributed by atoms with Gasteiger partial charge < -0.3 is 0 Å². The molecule has 0 aliphatic rings. The van der Waals surface area contributed by atoms with Gasteiger partial charge in [-0.15, -0.1) is 6.42 Å². The second-order valence-corrected chi connectivity index (χ2v) is 5.00. The number of aromatic nitrogens is 1. The molecule has 0 atom stereocenters. The number of nitriles is 1. The first-order chi connectivity index (χ1) is 7.52. The summed E-state index contributed by atoms with van der Waals surface area (Å²) < 4.78 is 24.7. The SMILES string of the molecule is C#CCN(C)S(=O)(=O)c1ccc(C#N)nc1. The van der Waals surface area contributed by atoms with Gasteiger partial charge in [-0.3, -0.25) is 0 Å². The van der Waals surface area contributed by atoms with Crippen molar-refractivity contribution >= 4 is 10.0 Å².